The predicted molar refractivity (Wildman–Crippen MR) is 212 cm³/mol. The van der Waals surface area contributed by atoms with E-state index in [-0.39, 0.29) is 0 Å². The van der Waals surface area contributed by atoms with Gasteiger partial charge in [-0.05, 0) is 46.5 Å². The highest BCUT2D eigenvalue weighted by molar-refractivity contribution is 6.04. The van der Waals surface area contributed by atoms with Crippen molar-refractivity contribution >= 4 is 21.8 Å². The third-order valence-electron chi connectivity index (χ3n) is 10.4. The number of hydrogen-bond acceptors (Lipinski definition) is 3. The molecule has 0 atom stereocenters. The van der Waals surface area contributed by atoms with Crippen LogP contribution in [0.2, 0.25) is 0 Å². The van der Waals surface area contributed by atoms with E-state index >= 15 is 0 Å². The molecule has 1 aliphatic rings. The summed E-state index contributed by atoms with van der Waals surface area (Å²) in [7, 11) is 0. The van der Waals surface area contributed by atoms with Crippen LogP contribution < -0.4 is 4.74 Å². The van der Waals surface area contributed by atoms with Crippen LogP contribution in [-0.4, -0.2) is 9.97 Å². The molecular weight excluding hydrogens is 633 g/mol. The van der Waals surface area contributed by atoms with Gasteiger partial charge in [-0.3, -0.25) is 0 Å². The Morgan fingerprint density at radius 1 is 0.346 bits per heavy atom. The van der Waals surface area contributed by atoms with Gasteiger partial charge in [0.2, 0.25) is 0 Å². The molecule has 0 aliphatic carbocycles. The molecule has 0 saturated carbocycles. The number of nitrogens with zero attached hydrogens (tertiary/aromatic N) is 2. The third-order valence-corrected chi connectivity index (χ3v) is 10.4. The Bertz CT molecular complexity index is 2700. The van der Waals surface area contributed by atoms with Crippen molar-refractivity contribution in [3.05, 3.63) is 216 Å². The van der Waals surface area contributed by atoms with Gasteiger partial charge in [-0.25, -0.2) is 9.97 Å². The quantitative estimate of drug-likeness (QED) is 0.172. The molecule has 9 aromatic rings. The molecule has 0 spiro atoms. The largest absolute Gasteiger partial charge is 0.457 e. The maximum atomic E-state index is 6.73. The Labute approximate surface area is 302 Å². The molecule has 0 N–H and O–H groups in total. The van der Waals surface area contributed by atoms with Crippen molar-refractivity contribution in [2.45, 2.75) is 5.41 Å². The highest BCUT2D eigenvalue weighted by atomic mass is 16.5. The van der Waals surface area contributed by atoms with E-state index in [0.29, 0.717) is 0 Å². The minimum Gasteiger partial charge on any atom is -0.457 e. The second-order valence-electron chi connectivity index (χ2n) is 13.3. The van der Waals surface area contributed by atoms with E-state index in [9.17, 15) is 0 Å². The van der Waals surface area contributed by atoms with E-state index in [1.807, 2.05) is 18.2 Å². The fraction of sp³-hybridized carbons (Fsp3) is 0.0204. The normalized spacial score (nSPS) is 12.9. The van der Waals surface area contributed by atoms with Gasteiger partial charge >= 0.3 is 0 Å². The molecule has 0 bridgehead atoms. The Balaban J connectivity index is 1.05. The van der Waals surface area contributed by atoms with Gasteiger partial charge in [-0.15, -0.1) is 0 Å². The number of fused-ring (bicyclic) bond motifs is 5. The first-order chi connectivity index (χ1) is 25.8. The van der Waals surface area contributed by atoms with Crippen LogP contribution in [0.3, 0.4) is 0 Å². The van der Waals surface area contributed by atoms with Gasteiger partial charge in [0.25, 0.3) is 0 Å². The van der Waals surface area contributed by atoms with E-state index in [1.165, 1.54) is 11.1 Å². The number of hydrogen-bond donors (Lipinski definition) is 0. The Kier molecular flexibility index (Phi) is 7.04. The lowest BCUT2D eigenvalue weighted by atomic mass is 9.63. The summed E-state index contributed by atoms with van der Waals surface area (Å²) in [6.07, 6.45) is 0. The summed E-state index contributed by atoms with van der Waals surface area (Å²) in [5, 5.41) is 2.15. The molecule has 0 saturated heterocycles. The number of aromatic nitrogens is 2. The Morgan fingerprint density at radius 3 is 1.42 bits per heavy atom. The average molecular weight is 665 g/mol. The maximum absolute atomic E-state index is 6.73. The van der Waals surface area contributed by atoms with Crippen LogP contribution in [-0.2, 0) is 5.41 Å². The van der Waals surface area contributed by atoms with Crippen LogP contribution >= 0.6 is 0 Å². The first-order valence-electron chi connectivity index (χ1n) is 17.7. The summed E-state index contributed by atoms with van der Waals surface area (Å²) in [6, 6.07) is 68.4. The maximum Gasteiger partial charge on any atom is 0.132 e. The first kappa shape index (κ1) is 30.0. The number of pyridine rings is 2. The van der Waals surface area contributed by atoms with E-state index in [4.69, 9.17) is 14.7 Å². The fourth-order valence-corrected chi connectivity index (χ4v) is 7.92. The molecule has 3 nitrogen and oxygen atoms in total. The zero-order valence-electron chi connectivity index (χ0n) is 28.3. The standard InChI is InChI=1S/C49H32N2O/c1-4-12-34(13-5-1)43-30-27-36-24-25-37-28-31-44(51-48(37)47(36)50-43)35-22-20-33(21-23-35)38-26-29-42-46(32-38)52-45-19-11-10-18-41(45)49(42,39-14-6-2-7-15-39)40-16-8-3-9-17-40/h1-32H. The van der Waals surface area contributed by atoms with Gasteiger partial charge in [0.05, 0.1) is 27.8 Å². The van der Waals surface area contributed by atoms with Crippen molar-refractivity contribution in [1.29, 1.82) is 0 Å². The van der Waals surface area contributed by atoms with Crippen molar-refractivity contribution in [1.82, 2.24) is 9.97 Å². The van der Waals surface area contributed by atoms with Crippen LogP contribution in [0.15, 0.2) is 194 Å². The van der Waals surface area contributed by atoms with Gasteiger partial charge in [0.15, 0.2) is 0 Å². The zero-order valence-corrected chi connectivity index (χ0v) is 28.3. The van der Waals surface area contributed by atoms with Crippen molar-refractivity contribution < 1.29 is 4.74 Å². The van der Waals surface area contributed by atoms with Crippen LogP contribution in [0, 0.1) is 0 Å². The van der Waals surface area contributed by atoms with E-state index in [2.05, 4.69) is 176 Å². The zero-order chi connectivity index (χ0) is 34.5. The minimum absolute atomic E-state index is 0.530. The summed E-state index contributed by atoms with van der Waals surface area (Å²) >= 11 is 0. The molecule has 244 valence electrons. The summed E-state index contributed by atoms with van der Waals surface area (Å²) < 4.78 is 6.73. The van der Waals surface area contributed by atoms with E-state index in [0.717, 1.165) is 78.1 Å². The van der Waals surface area contributed by atoms with Gasteiger partial charge in [0.1, 0.15) is 11.5 Å². The fourth-order valence-electron chi connectivity index (χ4n) is 7.92. The summed E-state index contributed by atoms with van der Waals surface area (Å²) in [6.45, 7) is 0. The smallest absolute Gasteiger partial charge is 0.132 e. The second kappa shape index (κ2) is 12.2. The molecule has 3 heteroatoms. The van der Waals surface area contributed by atoms with Gasteiger partial charge in [-0.1, -0.05) is 170 Å². The molecule has 52 heavy (non-hydrogen) atoms. The molecule has 2 aromatic heterocycles. The van der Waals surface area contributed by atoms with Crippen molar-refractivity contribution in [3.63, 3.8) is 0 Å². The van der Waals surface area contributed by atoms with Crippen LogP contribution in [0.4, 0.5) is 0 Å². The lowest BCUT2D eigenvalue weighted by Gasteiger charge is -2.41. The van der Waals surface area contributed by atoms with Gasteiger partial charge in [-0.2, -0.15) is 0 Å². The van der Waals surface area contributed by atoms with Crippen molar-refractivity contribution in [3.8, 4) is 45.1 Å². The SMILES string of the molecule is c1ccc(-c2ccc3ccc4ccc(-c5ccc(-c6ccc7c(c6)Oc6ccccc6C7(c6ccccc6)c6ccccc6)cc5)nc4c3n2)cc1. The molecule has 0 amide bonds. The molecule has 7 aromatic carbocycles. The molecule has 0 radical (unpaired) electrons. The monoisotopic (exact) mass is 664 g/mol. The van der Waals surface area contributed by atoms with Crippen LogP contribution in [0.1, 0.15) is 22.3 Å². The number of benzene rings is 7. The highest BCUT2D eigenvalue weighted by Crippen LogP contribution is 2.55. The van der Waals surface area contributed by atoms with Crippen molar-refractivity contribution in [2.75, 3.05) is 0 Å². The van der Waals surface area contributed by atoms with Crippen LogP contribution in [0.25, 0.3) is 55.4 Å². The number of para-hydroxylation sites is 1. The summed E-state index contributed by atoms with van der Waals surface area (Å²) in [5.74, 6) is 1.73. The van der Waals surface area contributed by atoms with Gasteiger partial charge in [0, 0.05) is 33.0 Å². The molecule has 3 heterocycles. The molecule has 0 unspecified atom stereocenters. The number of rotatable bonds is 5. The number of ether oxygens (including phenoxy) is 1. The van der Waals surface area contributed by atoms with E-state index in [1.54, 1.807) is 0 Å². The highest BCUT2D eigenvalue weighted by Gasteiger charge is 2.45. The molecular formula is C49H32N2O. The van der Waals surface area contributed by atoms with Crippen molar-refractivity contribution in [2.24, 2.45) is 0 Å². The van der Waals surface area contributed by atoms with Gasteiger partial charge < -0.3 is 4.74 Å². The Hall–Kier alpha value is -6.84. The van der Waals surface area contributed by atoms with E-state index < -0.39 is 5.41 Å². The molecule has 1 aliphatic heterocycles. The topological polar surface area (TPSA) is 35.0 Å². The molecule has 10 rings (SSSR count). The van der Waals surface area contributed by atoms with Crippen LogP contribution in [0.5, 0.6) is 11.5 Å². The summed E-state index contributed by atoms with van der Waals surface area (Å²) in [5.41, 5.74) is 12.2. The lowest BCUT2D eigenvalue weighted by molar-refractivity contribution is 0.435. The predicted octanol–water partition coefficient (Wildman–Crippen LogP) is 12.3. The average Bonchev–Trinajstić information content (AvgIpc) is 3.23. The minimum atomic E-state index is -0.530. The first-order valence-corrected chi connectivity index (χ1v) is 17.7. The third kappa shape index (κ3) is 4.82. The molecule has 0 fully saturated rings. The second-order valence-corrected chi connectivity index (χ2v) is 13.3. The summed E-state index contributed by atoms with van der Waals surface area (Å²) in [4.78, 5) is 10.3. The Morgan fingerprint density at radius 2 is 0.808 bits per heavy atom. The lowest BCUT2D eigenvalue weighted by Crippen LogP contribution is -2.34.